The fourth-order valence-electron chi connectivity index (χ4n) is 2.13. The minimum Gasteiger partial charge on any atom is -0.440 e. The Bertz CT molecular complexity index is 727. The lowest BCUT2D eigenvalue weighted by molar-refractivity contribution is 0.189. The van der Waals surface area contributed by atoms with Crippen molar-refractivity contribution in [2.45, 2.75) is 23.9 Å². The van der Waals surface area contributed by atoms with Gasteiger partial charge in [0.25, 0.3) is 0 Å². The average molecular weight is 330 g/mol. The smallest absolute Gasteiger partial charge is 0.205 e. The highest BCUT2D eigenvalue weighted by molar-refractivity contribution is 7.98. The van der Waals surface area contributed by atoms with Crippen LogP contribution in [0.2, 0.25) is 0 Å². The Labute approximate surface area is 138 Å². The van der Waals surface area contributed by atoms with E-state index < -0.39 is 0 Å². The summed E-state index contributed by atoms with van der Waals surface area (Å²) in [5.41, 5.74) is 1.03. The number of aromatic nitrogens is 4. The van der Waals surface area contributed by atoms with Crippen LogP contribution < -0.4 is 0 Å². The summed E-state index contributed by atoms with van der Waals surface area (Å²) in [5.74, 6) is 2.08. The first-order valence-corrected chi connectivity index (χ1v) is 8.35. The lowest BCUT2D eigenvalue weighted by Crippen LogP contribution is -2.02. The summed E-state index contributed by atoms with van der Waals surface area (Å²) >= 11 is 1.57. The van der Waals surface area contributed by atoms with E-state index in [0.29, 0.717) is 11.6 Å². The largest absolute Gasteiger partial charge is 0.440 e. The van der Waals surface area contributed by atoms with Crippen LogP contribution in [-0.2, 0) is 17.0 Å². The molecule has 1 aromatic carbocycles. The van der Waals surface area contributed by atoms with Crippen molar-refractivity contribution in [1.29, 1.82) is 0 Å². The van der Waals surface area contributed by atoms with Crippen LogP contribution in [0.5, 0.6) is 0 Å². The van der Waals surface area contributed by atoms with Crippen molar-refractivity contribution < 1.29 is 9.15 Å². The van der Waals surface area contributed by atoms with Crippen LogP contribution in [0, 0.1) is 0 Å². The zero-order chi connectivity index (χ0) is 15.9. The maximum atomic E-state index is 5.80. The first kappa shape index (κ1) is 15.8. The van der Waals surface area contributed by atoms with E-state index in [-0.39, 0.29) is 0 Å². The fourth-order valence-corrected chi connectivity index (χ4v) is 2.92. The second-order valence-electron chi connectivity index (χ2n) is 4.93. The molecule has 3 rings (SSSR count). The normalized spacial score (nSPS) is 11.0. The lowest BCUT2D eigenvalue weighted by atomic mass is 10.2. The third-order valence-corrected chi connectivity index (χ3v) is 4.23. The quantitative estimate of drug-likeness (QED) is 0.466. The predicted octanol–water partition coefficient (Wildman–Crippen LogP) is 3.26. The summed E-state index contributed by atoms with van der Waals surface area (Å²) in [7, 11) is 1.70. The molecule has 120 valence electrons. The van der Waals surface area contributed by atoms with E-state index in [1.807, 2.05) is 34.9 Å². The van der Waals surface area contributed by atoms with Gasteiger partial charge in [-0.25, -0.2) is 4.98 Å². The van der Waals surface area contributed by atoms with Crippen molar-refractivity contribution >= 4 is 11.8 Å². The topological polar surface area (TPSA) is 66.0 Å². The van der Waals surface area contributed by atoms with Gasteiger partial charge in [0.1, 0.15) is 6.33 Å². The van der Waals surface area contributed by atoms with Crippen LogP contribution >= 0.6 is 11.8 Å². The van der Waals surface area contributed by atoms with E-state index in [4.69, 9.17) is 9.15 Å². The Morgan fingerprint density at radius 3 is 2.96 bits per heavy atom. The molecule has 0 amide bonds. The second kappa shape index (κ2) is 7.94. The van der Waals surface area contributed by atoms with Crippen molar-refractivity contribution in [2.24, 2.45) is 0 Å². The van der Waals surface area contributed by atoms with Gasteiger partial charge in [-0.3, -0.25) is 0 Å². The molecule has 0 atom stereocenters. The highest BCUT2D eigenvalue weighted by Crippen LogP contribution is 2.24. The van der Waals surface area contributed by atoms with Crippen LogP contribution in [0.25, 0.3) is 11.3 Å². The second-order valence-corrected chi connectivity index (χ2v) is 5.87. The van der Waals surface area contributed by atoms with Crippen LogP contribution in [0.1, 0.15) is 12.3 Å². The zero-order valence-electron chi connectivity index (χ0n) is 12.9. The molecule has 0 radical (unpaired) electrons. The van der Waals surface area contributed by atoms with Crippen LogP contribution in [-0.4, -0.2) is 33.5 Å². The van der Waals surface area contributed by atoms with Crippen LogP contribution in [0.4, 0.5) is 0 Å². The SMILES string of the molecule is COCCCn1cnnc1SCc1ncc(-c2ccccc2)o1. The fraction of sp³-hybridized carbons (Fsp3) is 0.312. The number of aryl methyl sites for hydroxylation is 1. The van der Waals surface area contributed by atoms with E-state index in [1.165, 1.54) is 0 Å². The third kappa shape index (κ3) is 4.20. The van der Waals surface area contributed by atoms with E-state index in [9.17, 15) is 0 Å². The van der Waals surface area contributed by atoms with Gasteiger partial charge in [-0.15, -0.1) is 10.2 Å². The number of nitrogens with zero attached hydrogens (tertiary/aromatic N) is 4. The molecule has 0 saturated carbocycles. The molecule has 0 fully saturated rings. The number of thioether (sulfide) groups is 1. The van der Waals surface area contributed by atoms with Gasteiger partial charge in [0, 0.05) is 25.8 Å². The van der Waals surface area contributed by atoms with Crippen molar-refractivity contribution in [2.75, 3.05) is 13.7 Å². The Kier molecular flexibility index (Phi) is 5.44. The number of ether oxygens (including phenoxy) is 1. The molecule has 0 aliphatic heterocycles. The molecular weight excluding hydrogens is 312 g/mol. The highest BCUT2D eigenvalue weighted by atomic mass is 32.2. The number of hydrogen-bond acceptors (Lipinski definition) is 6. The molecule has 6 nitrogen and oxygen atoms in total. The minimum absolute atomic E-state index is 0.621. The summed E-state index contributed by atoms with van der Waals surface area (Å²) in [4.78, 5) is 4.33. The molecule has 0 saturated heterocycles. The Morgan fingerprint density at radius 1 is 1.26 bits per heavy atom. The molecule has 2 heterocycles. The van der Waals surface area contributed by atoms with E-state index >= 15 is 0 Å². The van der Waals surface area contributed by atoms with E-state index in [0.717, 1.165) is 36.1 Å². The van der Waals surface area contributed by atoms with E-state index in [1.54, 1.807) is 31.4 Å². The third-order valence-electron chi connectivity index (χ3n) is 3.26. The summed E-state index contributed by atoms with van der Waals surface area (Å²) in [6, 6.07) is 9.95. The molecule has 0 spiro atoms. The van der Waals surface area contributed by atoms with Gasteiger partial charge < -0.3 is 13.7 Å². The first-order valence-electron chi connectivity index (χ1n) is 7.36. The first-order chi connectivity index (χ1) is 11.4. The van der Waals surface area contributed by atoms with E-state index in [2.05, 4.69) is 15.2 Å². The lowest BCUT2D eigenvalue weighted by Gasteiger charge is -2.04. The van der Waals surface area contributed by atoms with Crippen molar-refractivity contribution in [3.63, 3.8) is 0 Å². The predicted molar refractivity (Wildman–Crippen MR) is 88.0 cm³/mol. The van der Waals surface area contributed by atoms with Crippen molar-refractivity contribution in [3.8, 4) is 11.3 Å². The summed E-state index contributed by atoms with van der Waals surface area (Å²) in [6.45, 7) is 1.56. The molecule has 23 heavy (non-hydrogen) atoms. The number of rotatable bonds is 8. The number of benzene rings is 1. The molecule has 2 aromatic heterocycles. The number of methoxy groups -OCH3 is 1. The zero-order valence-corrected chi connectivity index (χ0v) is 13.7. The average Bonchev–Trinajstić information content (AvgIpc) is 3.23. The van der Waals surface area contributed by atoms with Crippen LogP contribution in [0.15, 0.2) is 52.4 Å². The summed E-state index contributed by atoms with van der Waals surface area (Å²) in [6.07, 6.45) is 4.43. The van der Waals surface area contributed by atoms with Gasteiger partial charge in [-0.1, -0.05) is 42.1 Å². The molecule has 0 N–H and O–H groups in total. The number of oxazole rings is 1. The molecule has 0 bridgehead atoms. The van der Waals surface area contributed by atoms with Gasteiger partial charge in [-0.05, 0) is 6.42 Å². The van der Waals surface area contributed by atoms with Crippen molar-refractivity contribution in [1.82, 2.24) is 19.7 Å². The Hall–Kier alpha value is -2.12. The highest BCUT2D eigenvalue weighted by Gasteiger charge is 2.10. The van der Waals surface area contributed by atoms with Gasteiger partial charge >= 0.3 is 0 Å². The van der Waals surface area contributed by atoms with Gasteiger partial charge in [-0.2, -0.15) is 0 Å². The monoisotopic (exact) mass is 330 g/mol. The summed E-state index contributed by atoms with van der Waals surface area (Å²) < 4.78 is 12.9. The maximum absolute atomic E-state index is 5.80. The molecular formula is C16H18N4O2S. The van der Waals surface area contributed by atoms with Crippen LogP contribution in [0.3, 0.4) is 0 Å². The van der Waals surface area contributed by atoms with Gasteiger partial charge in [0.05, 0.1) is 11.9 Å². The molecule has 0 aliphatic carbocycles. The molecule has 7 heteroatoms. The van der Waals surface area contributed by atoms with Gasteiger partial charge in [0.2, 0.25) is 5.89 Å². The molecule has 0 unspecified atom stereocenters. The molecule has 3 aromatic rings. The molecule has 0 aliphatic rings. The Balaban J connectivity index is 1.59. The standard InChI is InChI=1S/C16H18N4O2S/c1-21-9-5-8-20-12-18-19-16(20)23-11-15-17-10-14(22-15)13-6-3-2-4-7-13/h2-4,6-7,10,12H,5,8-9,11H2,1H3. The van der Waals surface area contributed by atoms with Gasteiger partial charge in [0.15, 0.2) is 10.9 Å². The van der Waals surface area contributed by atoms with Crippen molar-refractivity contribution in [3.05, 3.63) is 48.7 Å². The Morgan fingerprint density at radius 2 is 2.13 bits per heavy atom. The summed E-state index contributed by atoms with van der Waals surface area (Å²) in [5, 5.41) is 8.97. The maximum Gasteiger partial charge on any atom is 0.205 e. The minimum atomic E-state index is 0.621. The number of hydrogen-bond donors (Lipinski definition) is 0.